The van der Waals surface area contributed by atoms with Crippen LogP contribution in [0, 0.1) is 0 Å². The first kappa shape index (κ1) is 19.6. The Bertz CT molecular complexity index is 745. The van der Waals surface area contributed by atoms with Gasteiger partial charge in [0.15, 0.2) is 0 Å². The smallest absolute Gasteiger partial charge is 0.227 e. The van der Waals surface area contributed by atoms with Crippen molar-refractivity contribution in [1.29, 1.82) is 0 Å². The molecule has 5 nitrogen and oxygen atoms in total. The van der Waals surface area contributed by atoms with Crippen molar-refractivity contribution in [3.63, 3.8) is 0 Å². The molecular weight excluding hydrogens is 330 g/mol. The maximum absolute atomic E-state index is 12.9. The van der Waals surface area contributed by atoms with Gasteiger partial charge in [0.2, 0.25) is 5.91 Å². The van der Waals surface area contributed by atoms with Crippen molar-refractivity contribution in [2.24, 2.45) is 0 Å². The Kier molecular flexibility index (Phi) is 6.89. The summed E-state index contributed by atoms with van der Waals surface area (Å²) < 4.78 is 15.9. The molecule has 2 aromatic rings. The summed E-state index contributed by atoms with van der Waals surface area (Å²) in [5, 5.41) is 0. The van der Waals surface area contributed by atoms with Crippen LogP contribution >= 0.6 is 0 Å². The van der Waals surface area contributed by atoms with Gasteiger partial charge in [-0.25, -0.2) is 0 Å². The highest BCUT2D eigenvalue weighted by molar-refractivity contribution is 5.80. The van der Waals surface area contributed by atoms with Crippen LogP contribution in [-0.4, -0.2) is 38.7 Å². The Morgan fingerprint density at radius 2 is 1.69 bits per heavy atom. The lowest BCUT2D eigenvalue weighted by atomic mass is 10.0. The SMILES string of the molecule is CCN(C(=O)Cc1ccc(OC)cc1OC)C(C)c1cccc(OC)c1. The highest BCUT2D eigenvalue weighted by Gasteiger charge is 2.21. The first-order valence-electron chi connectivity index (χ1n) is 8.68. The van der Waals surface area contributed by atoms with Crippen molar-refractivity contribution in [1.82, 2.24) is 4.90 Å². The molecule has 2 rings (SSSR count). The molecule has 1 unspecified atom stereocenters. The fourth-order valence-electron chi connectivity index (χ4n) is 3.01. The summed E-state index contributed by atoms with van der Waals surface area (Å²) in [6.45, 7) is 4.64. The Labute approximate surface area is 155 Å². The minimum Gasteiger partial charge on any atom is -0.497 e. The minimum absolute atomic E-state index is 0.0475. The lowest BCUT2D eigenvalue weighted by Crippen LogP contribution is -2.34. The summed E-state index contributed by atoms with van der Waals surface area (Å²) >= 11 is 0. The molecule has 0 N–H and O–H groups in total. The third kappa shape index (κ3) is 4.48. The molecule has 0 aliphatic carbocycles. The number of carbonyl (C=O) groups excluding carboxylic acids is 1. The number of amides is 1. The van der Waals surface area contributed by atoms with E-state index in [2.05, 4.69) is 0 Å². The molecule has 1 atom stereocenters. The van der Waals surface area contributed by atoms with Gasteiger partial charge in [-0.2, -0.15) is 0 Å². The number of rotatable bonds is 8. The van der Waals surface area contributed by atoms with Gasteiger partial charge < -0.3 is 19.1 Å². The summed E-state index contributed by atoms with van der Waals surface area (Å²) in [7, 11) is 4.84. The highest BCUT2D eigenvalue weighted by Crippen LogP contribution is 2.28. The van der Waals surface area contributed by atoms with Crippen molar-refractivity contribution in [2.45, 2.75) is 26.3 Å². The van der Waals surface area contributed by atoms with Crippen molar-refractivity contribution in [2.75, 3.05) is 27.9 Å². The second-order valence-electron chi connectivity index (χ2n) is 5.99. The lowest BCUT2D eigenvalue weighted by molar-refractivity contribution is -0.132. The van der Waals surface area contributed by atoms with Crippen LogP contribution in [0.15, 0.2) is 42.5 Å². The summed E-state index contributed by atoms with van der Waals surface area (Å²) in [5.74, 6) is 2.19. The van der Waals surface area contributed by atoms with Crippen molar-refractivity contribution in [3.8, 4) is 17.2 Å². The van der Waals surface area contributed by atoms with Gasteiger partial charge in [0.25, 0.3) is 0 Å². The molecule has 0 spiro atoms. The predicted molar refractivity (Wildman–Crippen MR) is 102 cm³/mol. The van der Waals surface area contributed by atoms with E-state index in [0.717, 1.165) is 16.9 Å². The van der Waals surface area contributed by atoms with Gasteiger partial charge in [-0.3, -0.25) is 4.79 Å². The number of hydrogen-bond acceptors (Lipinski definition) is 4. The Balaban J connectivity index is 2.20. The van der Waals surface area contributed by atoms with Crippen LogP contribution in [0.4, 0.5) is 0 Å². The molecule has 0 bridgehead atoms. The third-order valence-corrected chi connectivity index (χ3v) is 4.54. The summed E-state index contributed by atoms with van der Waals surface area (Å²) in [6.07, 6.45) is 0.273. The lowest BCUT2D eigenvalue weighted by Gasteiger charge is -2.29. The monoisotopic (exact) mass is 357 g/mol. The summed E-state index contributed by atoms with van der Waals surface area (Å²) in [5.41, 5.74) is 1.89. The standard InChI is InChI=1S/C21H27NO4/c1-6-22(15(2)16-8-7-9-18(12-16)24-3)21(23)13-17-10-11-19(25-4)14-20(17)26-5/h7-12,14-15H,6,13H2,1-5H3. The summed E-state index contributed by atoms with van der Waals surface area (Å²) in [4.78, 5) is 14.8. The maximum atomic E-state index is 12.9. The molecule has 140 valence electrons. The van der Waals surface area contributed by atoms with E-state index in [1.165, 1.54) is 0 Å². The number of methoxy groups -OCH3 is 3. The molecule has 0 saturated heterocycles. The minimum atomic E-state index is -0.0492. The van der Waals surface area contributed by atoms with E-state index in [9.17, 15) is 4.79 Å². The predicted octanol–water partition coefficient (Wildman–Crippen LogP) is 3.86. The van der Waals surface area contributed by atoms with Crippen LogP contribution in [0.25, 0.3) is 0 Å². The fourth-order valence-corrected chi connectivity index (χ4v) is 3.01. The molecule has 5 heteroatoms. The second kappa shape index (κ2) is 9.13. The van der Waals surface area contributed by atoms with E-state index in [1.54, 1.807) is 27.4 Å². The molecule has 0 heterocycles. The van der Waals surface area contributed by atoms with E-state index < -0.39 is 0 Å². The van der Waals surface area contributed by atoms with Crippen molar-refractivity contribution >= 4 is 5.91 Å². The van der Waals surface area contributed by atoms with Crippen LogP contribution in [0.5, 0.6) is 17.2 Å². The Morgan fingerprint density at radius 3 is 2.31 bits per heavy atom. The largest absolute Gasteiger partial charge is 0.497 e. The molecule has 0 fully saturated rings. The zero-order valence-corrected chi connectivity index (χ0v) is 16.1. The first-order chi connectivity index (χ1) is 12.5. The van der Waals surface area contributed by atoms with E-state index in [-0.39, 0.29) is 18.4 Å². The van der Waals surface area contributed by atoms with Crippen LogP contribution in [0.2, 0.25) is 0 Å². The molecule has 0 aliphatic heterocycles. The van der Waals surface area contributed by atoms with Gasteiger partial charge in [-0.15, -0.1) is 0 Å². The highest BCUT2D eigenvalue weighted by atomic mass is 16.5. The van der Waals surface area contributed by atoms with E-state index >= 15 is 0 Å². The molecule has 0 radical (unpaired) electrons. The van der Waals surface area contributed by atoms with Gasteiger partial charge in [-0.05, 0) is 37.6 Å². The zero-order chi connectivity index (χ0) is 19.1. The number of nitrogens with zero attached hydrogens (tertiary/aromatic N) is 1. The van der Waals surface area contributed by atoms with E-state index in [0.29, 0.717) is 18.0 Å². The van der Waals surface area contributed by atoms with Gasteiger partial charge in [0, 0.05) is 18.2 Å². The first-order valence-corrected chi connectivity index (χ1v) is 8.68. The number of ether oxygens (including phenoxy) is 3. The van der Waals surface area contributed by atoms with Gasteiger partial charge >= 0.3 is 0 Å². The third-order valence-electron chi connectivity index (χ3n) is 4.54. The molecular formula is C21H27NO4. The molecule has 26 heavy (non-hydrogen) atoms. The molecule has 0 saturated carbocycles. The topological polar surface area (TPSA) is 48.0 Å². The zero-order valence-electron chi connectivity index (χ0n) is 16.1. The average Bonchev–Trinajstić information content (AvgIpc) is 2.68. The number of benzene rings is 2. The molecule has 0 aromatic heterocycles. The second-order valence-corrected chi connectivity index (χ2v) is 5.99. The van der Waals surface area contributed by atoms with Crippen LogP contribution in [-0.2, 0) is 11.2 Å². The quantitative estimate of drug-likeness (QED) is 0.720. The van der Waals surface area contributed by atoms with Gasteiger partial charge in [0.05, 0.1) is 33.8 Å². The van der Waals surface area contributed by atoms with Crippen molar-refractivity contribution in [3.05, 3.63) is 53.6 Å². The number of hydrogen-bond donors (Lipinski definition) is 0. The number of likely N-dealkylation sites (N-methyl/N-ethyl adjacent to an activating group) is 1. The maximum Gasteiger partial charge on any atom is 0.227 e. The molecule has 0 aliphatic rings. The fraction of sp³-hybridized carbons (Fsp3) is 0.381. The van der Waals surface area contributed by atoms with Crippen LogP contribution in [0.1, 0.15) is 31.0 Å². The number of carbonyl (C=O) groups is 1. The van der Waals surface area contributed by atoms with Gasteiger partial charge in [0.1, 0.15) is 17.2 Å². The van der Waals surface area contributed by atoms with E-state index in [1.807, 2.05) is 55.1 Å². The molecule has 1 amide bonds. The van der Waals surface area contributed by atoms with E-state index in [4.69, 9.17) is 14.2 Å². The normalized spacial score (nSPS) is 11.6. The Morgan fingerprint density at radius 1 is 1.00 bits per heavy atom. The Hall–Kier alpha value is -2.69. The van der Waals surface area contributed by atoms with Crippen LogP contribution < -0.4 is 14.2 Å². The van der Waals surface area contributed by atoms with Gasteiger partial charge in [-0.1, -0.05) is 18.2 Å². The van der Waals surface area contributed by atoms with Crippen LogP contribution in [0.3, 0.4) is 0 Å². The molecule has 2 aromatic carbocycles. The summed E-state index contributed by atoms with van der Waals surface area (Å²) in [6, 6.07) is 13.3. The van der Waals surface area contributed by atoms with Crippen molar-refractivity contribution < 1.29 is 19.0 Å². The average molecular weight is 357 g/mol.